The van der Waals surface area contributed by atoms with E-state index in [4.69, 9.17) is 9.47 Å². The highest BCUT2D eigenvalue weighted by Gasteiger charge is 2.18. The lowest BCUT2D eigenvalue weighted by Crippen LogP contribution is -2.51. The van der Waals surface area contributed by atoms with Gasteiger partial charge in [-0.3, -0.25) is 19.3 Å². The van der Waals surface area contributed by atoms with Crippen molar-refractivity contribution in [3.05, 3.63) is 111 Å². The van der Waals surface area contributed by atoms with E-state index < -0.39 is 23.3 Å². The van der Waals surface area contributed by atoms with Crippen LogP contribution in [-0.4, -0.2) is 32.2 Å². The van der Waals surface area contributed by atoms with E-state index in [1.165, 1.54) is 11.7 Å². The standard InChI is InChI=1S/C27H27N5O5/c1-18-6-8-20(9-7-18)17-31-25(30-26(34)32(27(31)35)16-19(2)24(33)36-3)29-21-10-12-22(13-11-21)37-23-5-4-14-28-15-23/h4-15,19H,16-17H2,1-3H3,(H,29,30,34)/t19-/m0/s1. The van der Waals surface area contributed by atoms with Crippen molar-refractivity contribution in [1.82, 2.24) is 19.1 Å². The van der Waals surface area contributed by atoms with Crippen molar-refractivity contribution in [1.29, 1.82) is 0 Å². The molecule has 0 unspecified atom stereocenters. The Morgan fingerprint density at radius 1 is 1.03 bits per heavy atom. The lowest BCUT2D eigenvalue weighted by molar-refractivity contribution is -0.145. The zero-order chi connectivity index (χ0) is 26.4. The average Bonchev–Trinajstić information content (AvgIpc) is 2.91. The second kappa shape index (κ2) is 11.3. The summed E-state index contributed by atoms with van der Waals surface area (Å²) in [5.41, 5.74) is 1.26. The molecule has 2 heterocycles. The molecule has 0 saturated carbocycles. The van der Waals surface area contributed by atoms with Crippen molar-refractivity contribution in [3.63, 3.8) is 0 Å². The van der Waals surface area contributed by atoms with Gasteiger partial charge in [0.05, 0.1) is 31.5 Å². The van der Waals surface area contributed by atoms with Gasteiger partial charge in [0.2, 0.25) is 5.62 Å². The number of H-pyrrole nitrogens is 1. The smallest absolute Gasteiger partial charge is 0.335 e. The lowest BCUT2D eigenvalue weighted by Gasteiger charge is -2.14. The minimum atomic E-state index is -0.688. The maximum absolute atomic E-state index is 13.4. The molecule has 4 aromatic rings. The van der Waals surface area contributed by atoms with E-state index in [2.05, 4.69) is 15.0 Å². The number of nitrogens with zero attached hydrogens (tertiary/aromatic N) is 4. The molecule has 4 rings (SSSR count). The maximum atomic E-state index is 13.4. The molecular weight excluding hydrogens is 474 g/mol. The molecule has 1 atom stereocenters. The molecular formula is C27H27N5O5. The van der Waals surface area contributed by atoms with Crippen molar-refractivity contribution >= 4 is 11.7 Å². The third-order valence-electron chi connectivity index (χ3n) is 5.64. The first-order chi connectivity index (χ1) is 17.8. The fourth-order valence-corrected chi connectivity index (χ4v) is 3.63. The first-order valence-corrected chi connectivity index (χ1v) is 11.6. The number of aromatic amines is 1. The van der Waals surface area contributed by atoms with E-state index in [0.717, 1.165) is 15.7 Å². The summed E-state index contributed by atoms with van der Waals surface area (Å²) in [5.74, 6) is -0.0250. The quantitative estimate of drug-likeness (QED) is 0.371. The van der Waals surface area contributed by atoms with Gasteiger partial charge in [-0.05, 0) is 48.9 Å². The second-order valence-electron chi connectivity index (χ2n) is 8.54. The fraction of sp³-hybridized carbons (Fsp3) is 0.222. The largest absolute Gasteiger partial charge is 0.469 e. The molecule has 10 nitrogen and oxygen atoms in total. The summed E-state index contributed by atoms with van der Waals surface area (Å²) in [4.78, 5) is 49.5. The summed E-state index contributed by atoms with van der Waals surface area (Å²) in [5, 5.41) is 0. The molecule has 0 aliphatic rings. The number of benzene rings is 2. The summed E-state index contributed by atoms with van der Waals surface area (Å²) in [6.45, 7) is 3.61. The van der Waals surface area contributed by atoms with Gasteiger partial charge in [0.25, 0.3) is 0 Å². The van der Waals surface area contributed by atoms with Crippen LogP contribution in [0.1, 0.15) is 18.1 Å². The number of ether oxygens (including phenoxy) is 2. The van der Waals surface area contributed by atoms with Crippen LogP contribution in [-0.2, 0) is 22.6 Å². The van der Waals surface area contributed by atoms with Crippen molar-refractivity contribution in [2.45, 2.75) is 26.9 Å². The van der Waals surface area contributed by atoms with E-state index >= 15 is 0 Å². The molecule has 0 aliphatic carbocycles. The molecule has 2 aromatic heterocycles. The van der Waals surface area contributed by atoms with Gasteiger partial charge in [0.15, 0.2) is 0 Å². The predicted molar refractivity (Wildman–Crippen MR) is 137 cm³/mol. The van der Waals surface area contributed by atoms with Crippen LogP contribution in [0, 0.1) is 12.8 Å². The van der Waals surface area contributed by atoms with Crippen molar-refractivity contribution in [3.8, 4) is 11.5 Å². The molecule has 190 valence electrons. The van der Waals surface area contributed by atoms with Gasteiger partial charge < -0.3 is 9.47 Å². The minimum absolute atomic E-state index is 0.0819. The predicted octanol–water partition coefficient (Wildman–Crippen LogP) is 2.92. The summed E-state index contributed by atoms with van der Waals surface area (Å²) in [6.07, 6.45) is 3.26. The Labute approximate surface area is 212 Å². The number of rotatable bonds is 8. The van der Waals surface area contributed by atoms with E-state index in [9.17, 15) is 14.4 Å². The molecule has 10 heteroatoms. The van der Waals surface area contributed by atoms with Gasteiger partial charge in [0, 0.05) is 12.7 Å². The Kier molecular flexibility index (Phi) is 7.77. The topological polar surface area (TPSA) is 121 Å². The van der Waals surface area contributed by atoms with Crippen LogP contribution < -0.4 is 21.7 Å². The van der Waals surface area contributed by atoms with Gasteiger partial charge >= 0.3 is 17.3 Å². The first-order valence-electron chi connectivity index (χ1n) is 11.6. The number of hydrogen-bond acceptors (Lipinski definition) is 7. The van der Waals surface area contributed by atoms with Crippen LogP contribution in [0.15, 0.2) is 87.6 Å². The van der Waals surface area contributed by atoms with E-state index in [-0.39, 0.29) is 18.7 Å². The Morgan fingerprint density at radius 3 is 2.41 bits per heavy atom. The highest BCUT2D eigenvalue weighted by molar-refractivity contribution is 5.71. The number of carbonyl (C=O) groups excluding carboxylic acids is 1. The normalized spacial score (nSPS) is 12.2. The van der Waals surface area contributed by atoms with Crippen LogP contribution in [0.3, 0.4) is 0 Å². The zero-order valence-electron chi connectivity index (χ0n) is 20.7. The molecule has 0 spiro atoms. The van der Waals surface area contributed by atoms with Crippen LogP contribution >= 0.6 is 0 Å². The molecule has 0 fully saturated rings. The van der Waals surface area contributed by atoms with Crippen molar-refractivity contribution < 1.29 is 14.3 Å². The van der Waals surface area contributed by atoms with Crippen LogP contribution in [0.4, 0.5) is 5.69 Å². The molecule has 2 aromatic carbocycles. The number of methoxy groups -OCH3 is 1. The lowest BCUT2D eigenvalue weighted by atomic mass is 10.1. The zero-order valence-corrected chi connectivity index (χ0v) is 20.7. The third kappa shape index (κ3) is 6.29. The fourth-order valence-electron chi connectivity index (χ4n) is 3.63. The summed E-state index contributed by atoms with van der Waals surface area (Å²) < 4.78 is 12.9. The van der Waals surface area contributed by atoms with Gasteiger partial charge in [-0.15, -0.1) is 0 Å². The number of esters is 1. The van der Waals surface area contributed by atoms with E-state index in [0.29, 0.717) is 17.2 Å². The van der Waals surface area contributed by atoms with Gasteiger partial charge in [-0.25, -0.2) is 19.1 Å². The Balaban J connectivity index is 1.74. The third-order valence-corrected chi connectivity index (χ3v) is 5.64. The minimum Gasteiger partial charge on any atom is -0.469 e. The highest BCUT2D eigenvalue weighted by atomic mass is 16.5. The number of pyridine rings is 1. The molecule has 0 bridgehead atoms. The van der Waals surface area contributed by atoms with Crippen molar-refractivity contribution in [2.75, 3.05) is 7.11 Å². The number of hydrogen-bond donors (Lipinski definition) is 1. The molecule has 1 N–H and O–H groups in total. The molecule has 0 radical (unpaired) electrons. The SMILES string of the molecule is COC(=O)[C@@H](C)Cn1c(=O)[nH]/c(=N\c2ccc(Oc3cccnc3)cc2)n(Cc2ccc(C)cc2)c1=O. The van der Waals surface area contributed by atoms with Crippen LogP contribution in [0.2, 0.25) is 0 Å². The highest BCUT2D eigenvalue weighted by Crippen LogP contribution is 2.22. The van der Waals surface area contributed by atoms with E-state index in [1.807, 2.05) is 31.2 Å². The van der Waals surface area contributed by atoms with Crippen LogP contribution in [0.5, 0.6) is 11.5 Å². The van der Waals surface area contributed by atoms with E-state index in [1.54, 1.807) is 55.7 Å². The monoisotopic (exact) mass is 501 g/mol. The maximum Gasteiger partial charge on any atom is 0.335 e. The molecule has 0 saturated heterocycles. The van der Waals surface area contributed by atoms with Gasteiger partial charge in [-0.1, -0.05) is 36.8 Å². The number of aryl methyl sites for hydroxylation is 1. The summed E-state index contributed by atoms with van der Waals surface area (Å²) >= 11 is 0. The summed E-state index contributed by atoms with van der Waals surface area (Å²) in [7, 11) is 1.26. The van der Waals surface area contributed by atoms with Gasteiger partial charge in [0.1, 0.15) is 11.5 Å². The Bertz CT molecular complexity index is 1550. The Morgan fingerprint density at radius 2 is 1.76 bits per heavy atom. The number of carbonyl (C=O) groups is 1. The Hall–Kier alpha value is -4.73. The average molecular weight is 502 g/mol. The first kappa shape index (κ1) is 25.4. The van der Waals surface area contributed by atoms with Gasteiger partial charge in [-0.2, -0.15) is 0 Å². The number of aromatic nitrogens is 4. The second-order valence-corrected chi connectivity index (χ2v) is 8.54. The van der Waals surface area contributed by atoms with Crippen LogP contribution in [0.25, 0.3) is 0 Å². The molecule has 0 amide bonds. The molecule has 37 heavy (non-hydrogen) atoms. The number of nitrogens with one attached hydrogen (secondary N) is 1. The summed E-state index contributed by atoms with van der Waals surface area (Å²) in [6, 6.07) is 18.1. The molecule has 0 aliphatic heterocycles. The van der Waals surface area contributed by atoms with Crippen molar-refractivity contribution in [2.24, 2.45) is 10.9 Å².